The van der Waals surface area contributed by atoms with Crippen molar-refractivity contribution in [3.05, 3.63) is 70.6 Å². The van der Waals surface area contributed by atoms with Gasteiger partial charge in [0.25, 0.3) is 5.91 Å². The summed E-state index contributed by atoms with van der Waals surface area (Å²) in [5.41, 5.74) is 3.58. The van der Waals surface area contributed by atoms with E-state index in [0.717, 1.165) is 27.3 Å². The Morgan fingerprint density at radius 2 is 1.93 bits per heavy atom. The van der Waals surface area contributed by atoms with E-state index in [4.69, 9.17) is 9.47 Å². The predicted molar refractivity (Wildman–Crippen MR) is 104 cm³/mol. The summed E-state index contributed by atoms with van der Waals surface area (Å²) in [7, 11) is 0. The van der Waals surface area contributed by atoms with Crippen LogP contribution in [0, 0.1) is 6.92 Å². The van der Waals surface area contributed by atoms with Gasteiger partial charge in [0.1, 0.15) is 17.2 Å². The highest BCUT2D eigenvalue weighted by Crippen LogP contribution is 2.42. The highest BCUT2D eigenvalue weighted by atomic mass is 32.1. The number of carbonyl (C=O) groups is 2. The second-order valence-corrected chi connectivity index (χ2v) is 7.24. The van der Waals surface area contributed by atoms with Crippen molar-refractivity contribution in [1.82, 2.24) is 0 Å². The molecule has 136 valence electrons. The van der Waals surface area contributed by atoms with Gasteiger partial charge in [0.2, 0.25) is 0 Å². The molecular formula is C21H17NO4S. The molecule has 0 atom stereocenters. The normalized spacial score (nSPS) is 11.7. The molecular weight excluding hydrogens is 362 g/mol. The van der Waals surface area contributed by atoms with Crippen LogP contribution in [0.4, 0.5) is 5.69 Å². The van der Waals surface area contributed by atoms with Crippen molar-refractivity contribution in [1.29, 1.82) is 0 Å². The van der Waals surface area contributed by atoms with Crippen LogP contribution in [0.5, 0.6) is 5.75 Å². The molecule has 2 heterocycles. The fourth-order valence-corrected chi connectivity index (χ4v) is 3.99. The lowest BCUT2D eigenvalue weighted by Crippen LogP contribution is -2.21. The largest absolute Gasteiger partial charge is 0.488 e. The number of ether oxygens (including phenoxy) is 2. The fraction of sp³-hybridized carbons (Fsp3) is 0.143. The van der Waals surface area contributed by atoms with E-state index in [-0.39, 0.29) is 12.5 Å². The molecule has 0 aliphatic carbocycles. The average molecular weight is 379 g/mol. The van der Waals surface area contributed by atoms with Gasteiger partial charge in [0.15, 0.2) is 6.61 Å². The van der Waals surface area contributed by atoms with Gasteiger partial charge in [-0.3, -0.25) is 4.79 Å². The third kappa shape index (κ3) is 3.57. The topological polar surface area (TPSA) is 64.6 Å². The lowest BCUT2D eigenvalue weighted by molar-refractivity contribution is -0.119. The number of thiophene rings is 1. The van der Waals surface area contributed by atoms with E-state index in [1.54, 1.807) is 12.1 Å². The minimum Gasteiger partial charge on any atom is -0.488 e. The van der Waals surface area contributed by atoms with Crippen LogP contribution >= 0.6 is 11.3 Å². The maximum Gasteiger partial charge on any atom is 0.348 e. The van der Waals surface area contributed by atoms with Gasteiger partial charge in [0, 0.05) is 21.7 Å². The number of hydrogen-bond donors (Lipinski definition) is 1. The number of fused-ring (bicyclic) bond motifs is 3. The van der Waals surface area contributed by atoms with Gasteiger partial charge in [-0.2, -0.15) is 0 Å². The zero-order valence-corrected chi connectivity index (χ0v) is 15.5. The number of aryl methyl sites for hydroxylation is 1. The first-order valence-electron chi connectivity index (χ1n) is 8.49. The Morgan fingerprint density at radius 1 is 1.15 bits per heavy atom. The molecule has 0 unspecified atom stereocenters. The predicted octanol–water partition coefficient (Wildman–Crippen LogP) is 4.41. The summed E-state index contributed by atoms with van der Waals surface area (Å²) in [5, 5.41) is 2.75. The fourth-order valence-electron chi connectivity index (χ4n) is 2.90. The third-order valence-corrected chi connectivity index (χ3v) is 5.47. The summed E-state index contributed by atoms with van der Waals surface area (Å²) >= 11 is 1.36. The van der Waals surface area contributed by atoms with Crippen molar-refractivity contribution >= 4 is 28.9 Å². The van der Waals surface area contributed by atoms with E-state index < -0.39 is 5.97 Å². The van der Waals surface area contributed by atoms with Gasteiger partial charge >= 0.3 is 5.97 Å². The standard InChI is InChI=1S/C21H17NO4S/c1-13-6-2-4-8-16(13)22-19(23)12-26-21(24)18-10-14-11-25-17-9-5-3-7-15(17)20(14)27-18/h2-10H,11-12H2,1H3,(H,22,23). The van der Waals surface area contributed by atoms with E-state index in [9.17, 15) is 9.59 Å². The number of para-hydroxylation sites is 2. The van der Waals surface area contributed by atoms with Crippen molar-refractivity contribution in [2.45, 2.75) is 13.5 Å². The molecule has 3 aromatic rings. The highest BCUT2D eigenvalue weighted by molar-refractivity contribution is 7.17. The van der Waals surface area contributed by atoms with Crippen LogP contribution in [-0.2, 0) is 16.1 Å². The van der Waals surface area contributed by atoms with Gasteiger partial charge < -0.3 is 14.8 Å². The first kappa shape index (κ1) is 17.3. The Balaban J connectivity index is 1.42. The molecule has 0 fully saturated rings. The molecule has 1 N–H and O–H groups in total. The molecule has 1 aliphatic rings. The quantitative estimate of drug-likeness (QED) is 0.682. The molecule has 6 heteroatoms. The molecule has 1 aromatic heterocycles. The highest BCUT2D eigenvalue weighted by Gasteiger charge is 2.23. The number of esters is 1. The first-order valence-corrected chi connectivity index (χ1v) is 9.31. The molecule has 5 nitrogen and oxygen atoms in total. The zero-order valence-electron chi connectivity index (χ0n) is 14.7. The summed E-state index contributed by atoms with van der Waals surface area (Å²) in [5.74, 6) is -0.0659. The van der Waals surface area contributed by atoms with Crippen molar-refractivity contribution < 1.29 is 19.1 Å². The first-order chi connectivity index (χ1) is 13.1. The van der Waals surface area contributed by atoms with Crippen LogP contribution in [0.3, 0.4) is 0 Å². The SMILES string of the molecule is Cc1ccccc1NC(=O)COC(=O)c1cc2c(s1)-c1ccccc1OC2. The lowest BCUT2D eigenvalue weighted by atomic mass is 10.1. The van der Waals surface area contributed by atoms with E-state index in [2.05, 4.69) is 5.32 Å². The maximum atomic E-state index is 12.4. The summed E-state index contributed by atoms with van der Waals surface area (Å²) < 4.78 is 10.9. The van der Waals surface area contributed by atoms with Crippen LogP contribution in [-0.4, -0.2) is 18.5 Å². The number of rotatable bonds is 4. The molecule has 2 aromatic carbocycles. The number of amides is 1. The van der Waals surface area contributed by atoms with Gasteiger partial charge in [-0.25, -0.2) is 4.79 Å². The number of carbonyl (C=O) groups excluding carboxylic acids is 2. The number of hydrogen-bond acceptors (Lipinski definition) is 5. The van der Waals surface area contributed by atoms with Crippen molar-refractivity contribution in [3.8, 4) is 16.2 Å². The van der Waals surface area contributed by atoms with Crippen LogP contribution < -0.4 is 10.1 Å². The minimum atomic E-state index is -0.508. The van der Waals surface area contributed by atoms with Gasteiger partial charge in [-0.15, -0.1) is 11.3 Å². The molecule has 27 heavy (non-hydrogen) atoms. The second kappa shape index (κ2) is 7.25. The maximum absolute atomic E-state index is 12.4. The molecule has 0 bridgehead atoms. The van der Waals surface area contributed by atoms with E-state index in [1.165, 1.54) is 11.3 Å². The number of anilines is 1. The molecule has 1 amide bonds. The van der Waals surface area contributed by atoms with Crippen LogP contribution in [0.25, 0.3) is 10.4 Å². The summed E-state index contributed by atoms with van der Waals surface area (Å²) in [6.45, 7) is 1.99. The molecule has 0 saturated heterocycles. The molecule has 0 saturated carbocycles. The van der Waals surface area contributed by atoms with Gasteiger partial charge in [-0.1, -0.05) is 30.3 Å². The summed E-state index contributed by atoms with van der Waals surface area (Å²) in [6, 6.07) is 16.9. The molecule has 1 aliphatic heterocycles. The van der Waals surface area contributed by atoms with E-state index >= 15 is 0 Å². The van der Waals surface area contributed by atoms with Crippen LogP contribution in [0.2, 0.25) is 0 Å². The zero-order chi connectivity index (χ0) is 18.8. The molecule has 0 spiro atoms. The summed E-state index contributed by atoms with van der Waals surface area (Å²) in [4.78, 5) is 25.9. The lowest BCUT2D eigenvalue weighted by Gasteiger charge is -2.16. The second-order valence-electron chi connectivity index (χ2n) is 6.19. The minimum absolute atomic E-state index is 0.331. The monoisotopic (exact) mass is 379 g/mol. The van der Waals surface area contributed by atoms with Crippen molar-refractivity contribution in [2.75, 3.05) is 11.9 Å². The van der Waals surface area contributed by atoms with Crippen molar-refractivity contribution in [2.24, 2.45) is 0 Å². The van der Waals surface area contributed by atoms with Crippen molar-refractivity contribution in [3.63, 3.8) is 0 Å². The molecule has 0 radical (unpaired) electrons. The van der Waals surface area contributed by atoms with E-state index in [0.29, 0.717) is 17.2 Å². The van der Waals surface area contributed by atoms with Gasteiger partial charge in [-0.05, 0) is 36.8 Å². The van der Waals surface area contributed by atoms with Crippen LogP contribution in [0.1, 0.15) is 20.8 Å². The Morgan fingerprint density at radius 3 is 2.78 bits per heavy atom. The van der Waals surface area contributed by atoms with E-state index in [1.807, 2.05) is 49.4 Å². The average Bonchev–Trinajstić information content (AvgIpc) is 3.13. The smallest absolute Gasteiger partial charge is 0.348 e. The number of nitrogens with one attached hydrogen (secondary N) is 1. The Kier molecular flexibility index (Phi) is 4.64. The van der Waals surface area contributed by atoms with Gasteiger partial charge in [0.05, 0.1) is 0 Å². The Labute approximate surface area is 160 Å². The Hall–Kier alpha value is -3.12. The molecule has 4 rings (SSSR count). The number of benzene rings is 2. The Bertz CT molecular complexity index is 1020. The summed E-state index contributed by atoms with van der Waals surface area (Å²) in [6.07, 6.45) is 0. The third-order valence-electron chi connectivity index (χ3n) is 4.28. The van der Waals surface area contributed by atoms with Crippen LogP contribution in [0.15, 0.2) is 54.6 Å².